The summed E-state index contributed by atoms with van der Waals surface area (Å²) in [5.74, 6) is -0.0820. The standard InChI is InChI=1S/C20H17N3O2/c24-19(16-5-2-1-3-6-16)17-7-4-8-18(13-17)23-20(25)22-14-15-9-11-21-12-10-15/h1-13H,14H2,(H2,22,23,25). The predicted molar refractivity (Wildman–Crippen MR) is 96.4 cm³/mol. The van der Waals surface area contributed by atoms with E-state index < -0.39 is 0 Å². The molecule has 0 aliphatic heterocycles. The van der Waals surface area contributed by atoms with Gasteiger partial charge in [0, 0.05) is 35.8 Å². The minimum Gasteiger partial charge on any atom is -0.334 e. The first-order valence-electron chi connectivity index (χ1n) is 7.86. The average molecular weight is 331 g/mol. The Morgan fingerprint density at radius 3 is 2.32 bits per heavy atom. The number of urea groups is 1. The molecule has 5 heteroatoms. The first-order chi connectivity index (χ1) is 12.2. The molecule has 0 atom stereocenters. The fraction of sp³-hybridized carbons (Fsp3) is 0.0500. The van der Waals surface area contributed by atoms with Gasteiger partial charge >= 0.3 is 6.03 Å². The number of nitrogens with one attached hydrogen (secondary N) is 2. The molecule has 1 heterocycles. The van der Waals surface area contributed by atoms with E-state index >= 15 is 0 Å². The summed E-state index contributed by atoms with van der Waals surface area (Å²) in [7, 11) is 0. The molecular formula is C20H17N3O2. The highest BCUT2D eigenvalue weighted by Gasteiger charge is 2.10. The van der Waals surface area contributed by atoms with Crippen LogP contribution in [0.3, 0.4) is 0 Å². The van der Waals surface area contributed by atoms with Gasteiger partial charge in [-0.3, -0.25) is 9.78 Å². The second kappa shape index (κ2) is 7.88. The summed E-state index contributed by atoms with van der Waals surface area (Å²) in [6.45, 7) is 0.400. The van der Waals surface area contributed by atoms with Crippen LogP contribution in [0.1, 0.15) is 21.5 Å². The Kier molecular flexibility index (Phi) is 5.16. The molecule has 0 radical (unpaired) electrons. The molecule has 0 fully saturated rings. The van der Waals surface area contributed by atoms with Crippen molar-refractivity contribution in [1.29, 1.82) is 0 Å². The maximum Gasteiger partial charge on any atom is 0.319 e. The zero-order valence-corrected chi connectivity index (χ0v) is 13.5. The Balaban J connectivity index is 1.63. The maximum absolute atomic E-state index is 12.5. The van der Waals surface area contributed by atoms with Crippen LogP contribution in [0.25, 0.3) is 0 Å². The monoisotopic (exact) mass is 331 g/mol. The second-order valence-electron chi connectivity index (χ2n) is 5.44. The van der Waals surface area contributed by atoms with Gasteiger partial charge in [-0.2, -0.15) is 0 Å². The van der Waals surface area contributed by atoms with Gasteiger partial charge in [-0.05, 0) is 29.8 Å². The van der Waals surface area contributed by atoms with E-state index in [1.807, 2.05) is 30.3 Å². The van der Waals surface area contributed by atoms with Crippen molar-refractivity contribution in [2.24, 2.45) is 0 Å². The summed E-state index contributed by atoms with van der Waals surface area (Å²) < 4.78 is 0. The molecule has 1 aromatic heterocycles. The van der Waals surface area contributed by atoms with Gasteiger partial charge in [0.15, 0.2) is 5.78 Å². The highest BCUT2D eigenvalue weighted by atomic mass is 16.2. The summed E-state index contributed by atoms with van der Waals surface area (Å²) in [4.78, 5) is 28.4. The van der Waals surface area contributed by atoms with Crippen LogP contribution in [0.2, 0.25) is 0 Å². The third-order valence-electron chi connectivity index (χ3n) is 3.62. The Hall–Kier alpha value is -3.47. The molecule has 0 unspecified atom stereocenters. The largest absolute Gasteiger partial charge is 0.334 e. The SMILES string of the molecule is O=C(NCc1ccncc1)Nc1cccc(C(=O)c2ccccc2)c1. The molecule has 2 aromatic carbocycles. The van der Waals surface area contributed by atoms with Crippen molar-refractivity contribution in [2.45, 2.75) is 6.54 Å². The number of carbonyl (C=O) groups excluding carboxylic acids is 2. The van der Waals surface area contributed by atoms with Crippen LogP contribution in [0.4, 0.5) is 10.5 Å². The minimum absolute atomic E-state index is 0.0820. The van der Waals surface area contributed by atoms with Crippen LogP contribution in [-0.4, -0.2) is 16.8 Å². The fourth-order valence-corrected chi connectivity index (χ4v) is 2.35. The lowest BCUT2D eigenvalue weighted by Gasteiger charge is -2.09. The molecule has 0 bridgehead atoms. The summed E-state index contributed by atoms with van der Waals surface area (Å²) in [6, 6.07) is 19.3. The number of rotatable bonds is 5. The first kappa shape index (κ1) is 16.4. The van der Waals surface area contributed by atoms with Crippen LogP contribution < -0.4 is 10.6 Å². The number of anilines is 1. The lowest BCUT2D eigenvalue weighted by atomic mass is 10.0. The minimum atomic E-state index is -0.332. The normalized spacial score (nSPS) is 10.1. The molecule has 3 rings (SSSR count). The lowest BCUT2D eigenvalue weighted by Crippen LogP contribution is -2.28. The highest BCUT2D eigenvalue weighted by Crippen LogP contribution is 2.15. The first-order valence-corrected chi connectivity index (χ1v) is 7.86. The van der Waals surface area contributed by atoms with Gasteiger partial charge in [-0.15, -0.1) is 0 Å². The average Bonchev–Trinajstić information content (AvgIpc) is 2.67. The van der Waals surface area contributed by atoms with E-state index in [4.69, 9.17) is 0 Å². The number of ketones is 1. The molecule has 5 nitrogen and oxygen atoms in total. The molecular weight excluding hydrogens is 314 g/mol. The number of pyridine rings is 1. The van der Waals surface area contributed by atoms with Crippen molar-refractivity contribution in [2.75, 3.05) is 5.32 Å². The van der Waals surface area contributed by atoms with Gasteiger partial charge in [0.25, 0.3) is 0 Å². The molecule has 0 saturated carbocycles. The Morgan fingerprint density at radius 1 is 0.840 bits per heavy atom. The molecule has 0 aliphatic carbocycles. The molecule has 0 spiro atoms. The van der Waals surface area contributed by atoms with Crippen molar-refractivity contribution in [3.05, 3.63) is 95.8 Å². The number of hydrogen-bond acceptors (Lipinski definition) is 3. The number of carbonyl (C=O) groups is 2. The summed E-state index contributed by atoms with van der Waals surface area (Å²) in [5, 5.41) is 5.51. The molecule has 0 saturated heterocycles. The molecule has 124 valence electrons. The van der Waals surface area contributed by atoms with Crippen LogP contribution in [0.15, 0.2) is 79.1 Å². The molecule has 25 heavy (non-hydrogen) atoms. The Morgan fingerprint density at radius 2 is 1.56 bits per heavy atom. The van der Waals surface area contributed by atoms with E-state index in [0.717, 1.165) is 5.56 Å². The van der Waals surface area contributed by atoms with Gasteiger partial charge in [0.1, 0.15) is 0 Å². The smallest absolute Gasteiger partial charge is 0.319 e. The van der Waals surface area contributed by atoms with Crippen molar-refractivity contribution in [3.8, 4) is 0 Å². The number of nitrogens with zero attached hydrogens (tertiary/aromatic N) is 1. The van der Waals surface area contributed by atoms with Crippen LogP contribution in [-0.2, 0) is 6.54 Å². The van der Waals surface area contributed by atoms with E-state index in [2.05, 4.69) is 15.6 Å². The second-order valence-corrected chi connectivity index (χ2v) is 5.44. The van der Waals surface area contributed by atoms with Gasteiger partial charge in [-0.25, -0.2) is 4.79 Å². The Bertz CT molecular complexity index is 864. The lowest BCUT2D eigenvalue weighted by molar-refractivity contribution is 0.103. The number of benzene rings is 2. The summed E-state index contributed by atoms with van der Waals surface area (Å²) >= 11 is 0. The summed E-state index contributed by atoms with van der Waals surface area (Å²) in [6.07, 6.45) is 3.35. The van der Waals surface area contributed by atoms with Gasteiger partial charge < -0.3 is 10.6 Å². The third kappa shape index (κ3) is 4.51. The molecule has 2 N–H and O–H groups in total. The van der Waals surface area contributed by atoms with E-state index in [9.17, 15) is 9.59 Å². The quantitative estimate of drug-likeness (QED) is 0.701. The topological polar surface area (TPSA) is 71.1 Å². The molecule has 2 amide bonds. The zero-order valence-electron chi connectivity index (χ0n) is 13.5. The van der Waals surface area contributed by atoms with Gasteiger partial charge in [0.2, 0.25) is 0 Å². The van der Waals surface area contributed by atoms with Crippen LogP contribution in [0.5, 0.6) is 0 Å². The van der Waals surface area contributed by atoms with E-state index in [0.29, 0.717) is 23.4 Å². The zero-order chi connectivity index (χ0) is 17.5. The molecule has 3 aromatic rings. The highest BCUT2D eigenvalue weighted by molar-refractivity contribution is 6.09. The number of amides is 2. The number of hydrogen-bond donors (Lipinski definition) is 2. The van der Waals surface area contributed by atoms with E-state index in [1.165, 1.54) is 0 Å². The predicted octanol–water partition coefficient (Wildman–Crippen LogP) is 3.63. The van der Waals surface area contributed by atoms with Crippen LogP contribution in [0, 0.1) is 0 Å². The van der Waals surface area contributed by atoms with Gasteiger partial charge in [0.05, 0.1) is 0 Å². The van der Waals surface area contributed by atoms with Crippen molar-refractivity contribution >= 4 is 17.5 Å². The summed E-state index contributed by atoms with van der Waals surface area (Å²) in [5.41, 5.74) is 2.66. The van der Waals surface area contributed by atoms with Crippen molar-refractivity contribution in [3.63, 3.8) is 0 Å². The number of aromatic nitrogens is 1. The van der Waals surface area contributed by atoms with Crippen molar-refractivity contribution < 1.29 is 9.59 Å². The van der Waals surface area contributed by atoms with Crippen molar-refractivity contribution in [1.82, 2.24) is 10.3 Å². The fourth-order valence-electron chi connectivity index (χ4n) is 2.35. The molecule has 0 aliphatic rings. The van der Waals surface area contributed by atoms with Crippen LogP contribution >= 0.6 is 0 Å². The Labute approximate surface area is 145 Å². The van der Waals surface area contributed by atoms with E-state index in [1.54, 1.807) is 48.8 Å². The maximum atomic E-state index is 12.5. The third-order valence-corrected chi connectivity index (χ3v) is 3.62. The van der Waals surface area contributed by atoms with Gasteiger partial charge in [-0.1, -0.05) is 42.5 Å². The van der Waals surface area contributed by atoms with E-state index in [-0.39, 0.29) is 11.8 Å².